The van der Waals surface area contributed by atoms with Gasteiger partial charge in [-0.2, -0.15) is 0 Å². The number of likely N-dealkylation sites (tertiary alicyclic amines) is 1. The standard InChI is InChI=1S/C23H33AsN3/c1-5-27(22-21(12-9-15-25-22)24-23(2,3)4)20-13-16-26(17-14-20)18-19-10-7-6-8-11-19/h6-12,15,20H,5,13-14,16-18H2,1-4H3. The molecule has 1 aromatic carbocycles. The predicted octanol–water partition coefficient (Wildman–Crippen LogP) is 4.12. The summed E-state index contributed by atoms with van der Waals surface area (Å²) in [6.45, 7) is 13.8. The average molecular weight is 426 g/mol. The molecule has 1 aromatic heterocycles. The van der Waals surface area contributed by atoms with Gasteiger partial charge in [0.15, 0.2) is 0 Å². The second-order valence-electron chi connectivity index (χ2n) is 8.41. The Kier molecular flexibility index (Phi) is 7.00. The first kappa shape index (κ1) is 20.4. The fourth-order valence-corrected chi connectivity index (χ4v) is 6.32. The second kappa shape index (κ2) is 9.26. The minimum atomic E-state index is 0.108. The van der Waals surface area contributed by atoms with Crippen LogP contribution in [0.15, 0.2) is 48.7 Å². The summed E-state index contributed by atoms with van der Waals surface area (Å²) in [5.41, 5.74) is 1.42. The number of benzene rings is 1. The Morgan fingerprint density at radius 1 is 1.07 bits per heavy atom. The number of piperidine rings is 1. The van der Waals surface area contributed by atoms with E-state index in [1.54, 1.807) is 0 Å². The van der Waals surface area contributed by atoms with Crippen LogP contribution in [0.2, 0.25) is 4.20 Å². The van der Waals surface area contributed by atoms with E-state index in [1.165, 1.54) is 41.7 Å². The summed E-state index contributed by atoms with van der Waals surface area (Å²) in [5.74, 6) is 1.25. The van der Waals surface area contributed by atoms with Crippen molar-refractivity contribution in [3.63, 3.8) is 0 Å². The average Bonchev–Trinajstić information content (AvgIpc) is 2.65. The molecule has 27 heavy (non-hydrogen) atoms. The zero-order valence-corrected chi connectivity index (χ0v) is 19.1. The number of pyridine rings is 1. The SMILES string of the molecule is CCN(c1ncccc1[As]C(C)(C)C)C1CCN(Cc2ccccc2)CC1. The van der Waals surface area contributed by atoms with Crippen LogP contribution in [0.1, 0.15) is 46.1 Å². The van der Waals surface area contributed by atoms with Gasteiger partial charge in [0.05, 0.1) is 0 Å². The molecule has 2 aromatic rings. The third-order valence-corrected chi connectivity index (χ3v) is 7.73. The molecule has 0 unspecified atom stereocenters. The molecule has 0 aliphatic carbocycles. The van der Waals surface area contributed by atoms with E-state index in [0.717, 1.165) is 13.1 Å². The Labute approximate surface area is 171 Å². The van der Waals surface area contributed by atoms with E-state index in [4.69, 9.17) is 4.98 Å². The van der Waals surface area contributed by atoms with Gasteiger partial charge in [-0.1, -0.05) is 0 Å². The van der Waals surface area contributed by atoms with E-state index in [9.17, 15) is 0 Å². The zero-order valence-electron chi connectivity index (χ0n) is 17.2. The molecule has 1 aliphatic rings. The molecule has 0 saturated carbocycles. The van der Waals surface area contributed by atoms with Crippen molar-refractivity contribution in [2.24, 2.45) is 0 Å². The van der Waals surface area contributed by atoms with Gasteiger partial charge in [0, 0.05) is 0 Å². The van der Waals surface area contributed by atoms with E-state index in [2.05, 4.69) is 80.0 Å². The van der Waals surface area contributed by atoms with Gasteiger partial charge in [-0.25, -0.2) is 0 Å². The number of anilines is 1. The van der Waals surface area contributed by atoms with Crippen molar-refractivity contribution in [3.8, 4) is 0 Å². The van der Waals surface area contributed by atoms with Crippen LogP contribution in [0.4, 0.5) is 5.82 Å². The normalized spacial score (nSPS) is 16.9. The Balaban J connectivity index is 1.66. The van der Waals surface area contributed by atoms with Crippen molar-refractivity contribution < 1.29 is 0 Å². The van der Waals surface area contributed by atoms with Crippen LogP contribution >= 0.6 is 0 Å². The molecule has 0 N–H and O–H groups in total. The van der Waals surface area contributed by atoms with E-state index in [0.29, 0.717) is 10.2 Å². The molecule has 2 heterocycles. The van der Waals surface area contributed by atoms with Crippen LogP contribution in [0.3, 0.4) is 0 Å². The van der Waals surface area contributed by atoms with Crippen molar-refractivity contribution in [1.29, 1.82) is 0 Å². The van der Waals surface area contributed by atoms with Crippen LogP contribution in [-0.2, 0) is 6.54 Å². The summed E-state index contributed by atoms with van der Waals surface area (Å²) in [5, 5.41) is 0. The van der Waals surface area contributed by atoms with Gasteiger partial charge < -0.3 is 0 Å². The monoisotopic (exact) mass is 426 g/mol. The Morgan fingerprint density at radius 3 is 2.41 bits per heavy atom. The predicted molar refractivity (Wildman–Crippen MR) is 117 cm³/mol. The van der Waals surface area contributed by atoms with E-state index < -0.39 is 0 Å². The summed E-state index contributed by atoms with van der Waals surface area (Å²) in [6.07, 6.45) is 4.42. The molecule has 1 fully saturated rings. The fraction of sp³-hybridized carbons (Fsp3) is 0.522. The van der Waals surface area contributed by atoms with Crippen molar-refractivity contribution in [2.45, 2.75) is 57.3 Å². The molecule has 1 aliphatic heterocycles. The first-order valence-electron chi connectivity index (χ1n) is 10.2. The van der Waals surface area contributed by atoms with Crippen molar-refractivity contribution in [2.75, 3.05) is 24.5 Å². The van der Waals surface area contributed by atoms with Crippen LogP contribution in [0, 0.1) is 0 Å². The summed E-state index contributed by atoms with van der Waals surface area (Å²) >= 11 is 0.108. The Morgan fingerprint density at radius 2 is 1.78 bits per heavy atom. The molecule has 145 valence electrons. The molecule has 4 heteroatoms. The molecular formula is C23H33AsN3. The molecule has 1 saturated heterocycles. The maximum absolute atomic E-state index is 4.83. The summed E-state index contributed by atoms with van der Waals surface area (Å²) in [7, 11) is 0. The van der Waals surface area contributed by atoms with Gasteiger partial charge in [-0.3, -0.25) is 0 Å². The summed E-state index contributed by atoms with van der Waals surface area (Å²) < 4.78 is 1.85. The third kappa shape index (κ3) is 5.83. The third-order valence-electron chi connectivity index (χ3n) is 5.08. The van der Waals surface area contributed by atoms with E-state index in [1.807, 2.05) is 6.20 Å². The summed E-state index contributed by atoms with van der Waals surface area (Å²) in [4.78, 5) is 10.0. The van der Waals surface area contributed by atoms with Crippen molar-refractivity contribution in [1.82, 2.24) is 9.88 Å². The minimum absolute atomic E-state index is 0.108. The molecule has 1 radical (unpaired) electrons. The molecule has 0 amide bonds. The van der Waals surface area contributed by atoms with E-state index in [-0.39, 0.29) is 15.8 Å². The Bertz CT molecular complexity index is 703. The first-order chi connectivity index (χ1) is 13.0. The van der Waals surface area contributed by atoms with Crippen molar-refractivity contribution >= 4 is 25.9 Å². The number of aromatic nitrogens is 1. The van der Waals surface area contributed by atoms with Crippen LogP contribution < -0.4 is 9.25 Å². The molecule has 3 nitrogen and oxygen atoms in total. The number of nitrogens with zero attached hydrogens (tertiary/aromatic N) is 3. The molecule has 3 rings (SSSR count). The molecule has 0 spiro atoms. The Hall–Kier alpha value is -1.31. The van der Waals surface area contributed by atoms with Gasteiger partial charge in [-0.05, 0) is 0 Å². The number of rotatable bonds is 6. The quantitative estimate of drug-likeness (QED) is 0.648. The summed E-state index contributed by atoms with van der Waals surface area (Å²) in [6, 6.07) is 15.9. The van der Waals surface area contributed by atoms with Gasteiger partial charge in [0.25, 0.3) is 0 Å². The number of hydrogen-bond acceptors (Lipinski definition) is 3. The molecule has 0 atom stereocenters. The topological polar surface area (TPSA) is 19.4 Å². The van der Waals surface area contributed by atoms with Gasteiger partial charge in [-0.15, -0.1) is 0 Å². The second-order valence-corrected chi connectivity index (χ2v) is 12.7. The zero-order chi connectivity index (χ0) is 19.3. The maximum atomic E-state index is 4.83. The molecular weight excluding hydrogens is 393 g/mol. The van der Waals surface area contributed by atoms with Gasteiger partial charge >= 0.3 is 172 Å². The van der Waals surface area contributed by atoms with Crippen LogP contribution in [-0.4, -0.2) is 51.3 Å². The number of hydrogen-bond donors (Lipinski definition) is 0. The van der Waals surface area contributed by atoms with Gasteiger partial charge in [0.2, 0.25) is 0 Å². The van der Waals surface area contributed by atoms with Gasteiger partial charge in [0.1, 0.15) is 0 Å². The van der Waals surface area contributed by atoms with Crippen LogP contribution in [0.5, 0.6) is 0 Å². The fourth-order valence-electron chi connectivity index (χ4n) is 3.87. The first-order valence-corrected chi connectivity index (χ1v) is 12.0. The van der Waals surface area contributed by atoms with Crippen molar-refractivity contribution in [3.05, 3.63) is 54.2 Å². The van der Waals surface area contributed by atoms with E-state index >= 15 is 0 Å². The molecule has 0 bridgehead atoms. The van der Waals surface area contributed by atoms with Crippen LogP contribution in [0.25, 0.3) is 0 Å².